The van der Waals surface area contributed by atoms with Crippen LogP contribution in [0.25, 0.3) is 0 Å². The molecule has 113 valence electrons. The van der Waals surface area contributed by atoms with Crippen LogP contribution in [0.5, 0.6) is 0 Å². The number of carbonyl (C=O) groups excluding carboxylic acids is 2. The van der Waals surface area contributed by atoms with Gasteiger partial charge in [-0.1, -0.05) is 6.08 Å². The zero-order valence-corrected chi connectivity index (χ0v) is 12.9. The molecule has 3 radical (unpaired) electrons. The van der Waals surface area contributed by atoms with Crippen LogP contribution in [-0.2, 0) is 19.1 Å². The van der Waals surface area contributed by atoms with Gasteiger partial charge in [0, 0.05) is 21.9 Å². The van der Waals surface area contributed by atoms with Crippen LogP contribution in [0.3, 0.4) is 0 Å². The van der Waals surface area contributed by atoms with Gasteiger partial charge in [-0.25, -0.2) is 4.79 Å². The van der Waals surface area contributed by atoms with Gasteiger partial charge in [-0.15, -0.1) is 6.58 Å². The molecule has 0 bridgehead atoms. The monoisotopic (exact) mass is 281 g/mol. The number of rotatable bonds is 11. The Morgan fingerprint density at radius 1 is 1.25 bits per heavy atom. The average molecular weight is 281 g/mol. The molecular weight excluding hydrogens is 255 g/mol. The van der Waals surface area contributed by atoms with Crippen molar-refractivity contribution in [3.63, 3.8) is 0 Å². The summed E-state index contributed by atoms with van der Waals surface area (Å²) in [4.78, 5) is 22.5. The van der Waals surface area contributed by atoms with Crippen molar-refractivity contribution >= 4 is 20.2 Å². The van der Waals surface area contributed by atoms with Gasteiger partial charge in [0.25, 0.3) is 0 Å². The van der Waals surface area contributed by atoms with Gasteiger partial charge in [0.15, 0.2) is 6.10 Å². The highest BCUT2D eigenvalue weighted by atomic mass is 16.6. The van der Waals surface area contributed by atoms with Crippen LogP contribution in [0, 0.1) is 0 Å². The summed E-state index contributed by atoms with van der Waals surface area (Å²) in [6.07, 6.45) is 5.85. The molecular formula is C15H26BO4. The maximum Gasteiger partial charge on any atom is 0.335 e. The van der Waals surface area contributed by atoms with Gasteiger partial charge in [-0.05, 0) is 46.0 Å². The van der Waals surface area contributed by atoms with Crippen LogP contribution >= 0.6 is 0 Å². The van der Waals surface area contributed by atoms with E-state index in [4.69, 9.17) is 9.47 Å². The van der Waals surface area contributed by atoms with Crippen molar-refractivity contribution in [3.8, 4) is 0 Å². The van der Waals surface area contributed by atoms with E-state index in [-0.39, 0.29) is 26.3 Å². The molecule has 0 heterocycles. The Kier molecular flexibility index (Phi) is 13.7. The molecule has 0 aliphatic carbocycles. The van der Waals surface area contributed by atoms with Gasteiger partial charge in [-0.2, -0.15) is 0 Å². The third kappa shape index (κ3) is 10.8. The standard InChI is InChI=1S/C15H26O4.B/c1-5-6-10-14(11-8-7-9-12(2)16)19-15(17)13(3)18-4;/h5,13-14H,1,6-11H2,2-4H3;. The summed E-state index contributed by atoms with van der Waals surface area (Å²) >= 11 is 0. The van der Waals surface area contributed by atoms with E-state index < -0.39 is 6.10 Å². The normalized spacial score (nSPS) is 12.9. The molecule has 5 heteroatoms. The number of hydrogen-bond acceptors (Lipinski definition) is 4. The minimum atomic E-state index is -0.538. The number of carbonyl (C=O) groups is 2. The Bertz CT molecular complexity index is 292. The van der Waals surface area contributed by atoms with Crippen molar-refractivity contribution < 1.29 is 19.1 Å². The smallest absolute Gasteiger partial charge is 0.335 e. The first-order valence-corrected chi connectivity index (χ1v) is 6.84. The lowest BCUT2D eigenvalue weighted by Crippen LogP contribution is -2.27. The van der Waals surface area contributed by atoms with Gasteiger partial charge in [-0.3, -0.25) is 0 Å². The second-order valence-electron chi connectivity index (χ2n) is 4.75. The molecule has 4 nitrogen and oxygen atoms in total. The van der Waals surface area contributed by atoms with E-state index in [1.807, 2.05) is 6.08 Å². The first kappa shape index (κ1) is 21.2. The minimum absolute atomic E-state index is 0. The van der Waals surface area contributed by atoms with E-state index >= 15 is 0 Å². The molecule has 0 saturated heterocycles. The Balaban J connectivity index is 0. The molecule has 20 heavy (non-hydrogen) atoms. The summed E-state index contributed by atoms with van der Waals surface area (Å²) in [7, 11) is 1.48. The molecule has 0 amide bonds. The fraction of sp³-hybridized carbons (Fsp3) is 0.733. The van der Waals surface area contributed by atoms with Gasteiger partial charge in [0.2, 0.25) is 0 Å². The maximum atomic E-state index is 11.7. The predicted molar refractivity (Wildman–Crippen MR) is 80.7 cm³/mol. The fourth-order valence-corrected chi connectivity index (χ4v) is 1.67. The van der Waals surface area contributed by atoms with Gasteiger partial charge >= 0.3 is 5.97 Å². The lowest BCUT2D eigenvalue weighted by atomic mass is 10.0. The van der Waals surface area contributed by atoms with E-state index in [1.54, 1.807) is 13.8 Å². The van der Waals surface area contributed by atoms with Crippen LogP contribution in [-0.4, -0.2) is 39.5 Å². The largest absolute Gasteiger partial charge is 0.460 e. The molecule has 2 atom stereocenters. The SMILES string of the molecule is C=CCCC(CCCCC(C)=O)OC(=O)C(C)OC.[B]. The highest BCUT2D eigenvalue weighted by molar-refractivity contribution is 5.76. The van der Waals surface area contributed by atoms with Crippen LogP contribution < -0.4 is 0 Å². The highest BCUT2D eigenvalue weighted by Gasteiger charge is 2.18. The third-order valence-corrected chi connectivity index (χ3v) is 2.97. The Hall–Kier alpha value is -1.10. The number of ether oxygens (including phenoxy) is 2. The van der Waals surface area contributed by atoms with Crippen molar-refractivity contribution in [1.82, 2.24) is 0 Å². The zero-order valence-electron chi connectivity index (χ0n) is 12.9. The molecule has 0 aliphatic heterocycles. The van der Waals surface area contributed by atoms with E-state index in [9.17, 15) is 9.59 Å². The summed E-state index contributed by atoms with van der Waals surface area (Å²) in [5.41, 5.74) is 0. The van der Waals surface area contributed by atoms with Crippen molar-refractivity contribution in [2.75, 3.05) is 7.11 Å². The molecule has 0 aromatic heterocycles. The van der Waals surface area contributed by atoms with Crippen LogP contribution in [0.4, 0.5) is 0 Å². The summed E-state index contributed by atoms with van der Waals surface area (Å²) in [6, 6.07) is 0. The number of Topliss-reactive ketones (excluding diaryl/α,β-unsaturated/α-hetero) is 1. The summed E-state index contributed by atoms with van der Waals surface area (Å²) < 4.78 is 10.4. The lowest BCUT2D eigenvalue weighted by molar-refractivity contribution is -0.160. The molecule has 0 aromatic rings. The average Bonchev–Trinajstić information content (AvgIpc) is 2.38. The number of allylic oxidation sites excluding steroid dienone is 1. The Morgan fingerprint density at radius 2 is 1.90 bits per heavy atom. The second kappa shape index (κ2) is 12.9. The fourth-order valence-electron chi connectivity index (χ4n) is 1.67. The van der Waals surface area contributed by atoms with Crippen LogP contribution in [0.15, 0.2) is 12.7 Å². The van der Waals surface area contributed by atoms with E-state index in [2.05, 4.69) is 6.58 Å². The van der Waals surface area contributed by atoms with Gasteiger partial charge < -0.3 is 14.3 Å². The topological polar surface area (TPSA) is 52.6 Å². The second-order valence-corrected chi connectivity index (χ2v) is 4.75. The molecule has 0 rings (SSSR count). The minimum Gasteiger partial charge on any atom is -0.460 e. The maximum absolute atomic E-state index is 11.7. The third-order valence-electron chi connectivity index (χ3n) is 2.97. The molecule has 0 saturated carbocycles. The lowest BCUT2D eigenvalue weighted by Gasteiger charge is -2.19. The number of hydrogen-bond donors (Lipinski definition) is 0. The summed E-state index contributed by atoms with van der Waals surface area (Å²) in [5.74, 6) is -0.129. The van der Waals surface area contributed by atoms with Crippen molar-refractivity contribution in [2.24, 2.45) is 0 Å². The first-order chi connectivity index (χ1) is 9.01. The van der Waals surface area contributed by atoms with Crippen molar-refractivity contribution in [3.05, 3.63) is 12.7 Å². The van der Waals surface area contributed by atoms with Crippen molar-refractivity contribution in [1.29, 1.82) is 0 Å². The first-order valence-electron chi connectivity index (χ1n) is 6.84. The summed E-state index contributed by atoms with van der Waals surface area (Å²) in [6.45, 7) is 6.93. The number of unbranched alkanes of at least 4 members (excludes halogenated alkanes) is 1. The Labute approximate surface area is 124 Å². The number of esters is 1. The van der Waals surface area contributed by atoms with Gasteiger partial charge in [0.05, 0.1) is 0 Å². The molecule has 0 N–H and O–H groups in total. The number of ketones is 1. The molecule has 0 aromatic carbocycles. The predicted octanol–water partition coefficient (Wildman–Crippen LogP) is 2.67. The number of methoxy groups -OCH3 is 1. The molecule has 0 fully saturated rings. The van der Waals surface area contributed by atoms with Gasteiger partial charge in [0.1, 0.15) is 11.9 Å². The Morgan fingerprint density at radius 3 is 2.40 bits per heavy atom. The quantitative estimate of drug-likeness (QED) is 0.253. The van der Waals surface area contributed by atoms with E-state index in [1.165, 1.54) is 7.11 Å². The zero-order chi connectivity index (χ0) is 14.7. The van der Waals surface area contributed by atoms with Crippen molar-refractivity contribution in [2.45, 2.75) is 64.6 Å². The molecule has 0 spiro atoms. The van der Waals surface area contributed by atoms with E-state index in [0.29, 0.717) is 6.42 Å². The highest BCUT2D eigenvalue weighted by Crippen LogP contribution is 2.14. The van der Waals surface area contributed by atoms with E-state index in [0.717, 1.165) is 32.1 Å². The molecule has 0 aliphatic rings. The van der Waals surface area contributed by atoms with Crippen LogP contribution in [0.2, 0.25) is 0 Å². The van der Waals surface area contributed by atoms with Crippen LogP contribution in [0.1, 0.15) is 52.4 Å². The summed E-state index contributed by atoms with van der Waals surface area (Å²) in [5, 5.41) is 0. The molecule has 2 unspecified atom stereocenters.